The highest BCUT2D eigenvalue weighted by Crippen LogP contribution is 2.27. The van der Waals surface area contributed by atoms with E-state index in [2.05, 4.69) is 4.99 Å². The minimum Gasteiger partial charge on any atom is -0.381 e. The van der Waals surface area contributed by atoms with Gasteiger partial charge in [-0.1, -0.05) is 0 Å². The molecule has 0 spiro atoms. The van der Waals surface area contributed by atoms with Crippen molar-refractivity contribution in [2.24, 2.45) is 10.9 Å². The van der Waals surface area contributed by atoms with Crippen LogP contribution >= 0.6 is 0 Å². The highest BCUT2D eigenvalue weighted by Gasteiger charge is 2.55. The van der Waals surface area contributed by atoms with Crippen molar-refractivity contribution in [1.29, 1.82) is 0 Å². The summed E-state index contributed by atoms with van der Waals surface area (Å²) in [6.45, 7) is 3.47. The zero-order chi connectivity index (χ0) is 14.0. The molecule has 0 N–H and O–H groups in total. The number of amidine groups is 1. The molecule has 2 unspecified atom stereocenters. The molecule has 108 valence electrons. The fourth-order valence-corrected chi connectivity index (χ4v) is 2.43. The van der Waals surface area contributed by atoms with Crippen molar-refractivity contribution in [3.05, 3.63) is 10.1 Å². The van der Waals surface area contributed by atoms with Crippen LogP contribution in [0.5, 0.6) is 0 Å². The Bertz CT molecular complexity index is 383. The fourth-order valence-electron chi connectivity index (χ4n) is 2.43. The van der Waals surface area contributed by atoms with Gasteiger partial charge in [-0.25, -0.2) is 0 Å². The van der Waals surface area contributed by atoms with Crippen LogP contribution in [-0.2, 0) is 4.74 Å². The summed E-state index contributed by atoms with van der Waals surface area (Å²) < 4.78 is 32.5. The van der Waals surface area contributed by atoms with E-state index in [9.17, 15) is 18.9 Å². The van der Waals surface area contributed by atoms with Gasteiger partial charge in [0.1, 0.15) is 4.92 Å². The molecule has 0 bridgehead atoms. The molecule has 19 heavy (non-hydrogen) atoms. The van der Waals surface area contributed by atoms with Crippen LogP contribution in [0.15, 0.2) is 4.99 Å². The molecular weight excluding hydrogens is 260 g/mol. The first-order valence-electron chi connectivity index (χ1n) is 6.34. The lowest BCUT2D eigenvalue weighted by atomic mass is 10.0. The Morgan fingerprint density at radius 2 is 2.32 bits per heavy atom. The van der Waals surface area contributed by atoms with Gasteiger partial charge >= 0.3 is 6.05 Å². The third-order valence-electron chi connectivity index (χ3n) is 3.59. The minimum atomic E-state index is -4.12. The maximum Gasteiger partial charge on any atom is 0.572 e. The van der Waals surface area contributed by atoms with E-state index in [1.54, 1.807) is 6.92 Å². The first-order chi connectivity index (χ1) is 8.93. The Morgan fingerprint density at radius 1 is 1.58 bits per heavy atom. The van der Waals surface area contributed by atoms with Crippen molar-refractivity contribution < 1.29 is 18.4 Å². The number of nitro groups is 1. The number of ether oxygens (including phenoxy) is 1. The molecule has 0 radical (unpaired) electrons. The largest absolute Gasteiger partial charge is 0.572 e. The van der Waals surface area contributed by atoms with Crippen LogP contribution in [0.4, 0.5) is 8.78 Å². The first-order valence-corrected chi connectivity index (χ1v) is 6.34. The number of hydrogen-bond acceptors (Lipinski definition) is 5. The quantitative estimate of drug-likeness (QED) is 0.442. The molecule has 0 aromatic rings. The number of halogens is 2. The van der Waals surface area contributed by atoms with Gasteiger partial charge in [-0.15, -0.1) is 8.78 Å². The van der Waals surface area contributed by atoms with Crippen molar-refractivity contribution in [2.45, 2.75) is 31.9 Å². The van der Waals surface area contributed by atoms with Crippen molar-refractivity contribution in [1.82, 2.24) is 4.90 Å². The second kappa shape index (κ2) is 5.36. The van der Waals surface area contributed by atoms with Gasteiger partial charge in [0.25, 0.3) is 5.84 Å². The van der Waals surface area contributed by atoms with E-state index in [1.165, 1.54) is 4.90 Å². The maximum absolute atomic E-state index is 13.6. The molecule has 2 heterocycles. The second-order valence-electron chi connectivity index (χ2n) is 5.02. The Labute approximate surface area is 109 Å². The van der Waals surface area contributed by atoms with E-state index >= 15 is 0 Å². The predicted molar refractivity (Wildman–Crippen MR) is 64.0 cm³/mol. The summed E-state index contributed by atoms with van der Waals surface area (Å²) in [7, 11) is 0. The molecule has 0 aromatic heterocycles. The lowest BCUT2D eigenvalue weighted by molar-refractivity contribution is -0.618. The zero-order valence-corrected chi connectivity index (χ0v) is 10.7. The predicted octanol–water partition coefficient (Wildman–Crippen LogP) is 1.39. The van der Waals surface area contributed by atoms with Gasteiger partial charge in [0.2, 0.25) is 0 Å². The maximum atomic E-state index is 13.6. The summed E-state index contributed by atoms with van der Waals surface area (Å²) in [4.78, 5) is 14.1. The highest BCUT2D eigenvalue weighted by molar-refractivity contribution is 5.88. The van der Waals surface area contributed by atoms with E-state index in [-0.39, 0.29) is 18.5 Å². The number of nitrogens with zero attached hydrogens (tertiary/aromatic N) is 3. The van der Waals surface area contributed by atoms with Gasteiger partial charge in [0, 0.05) is 31.7 Å². The van der Waals surface area contributed by atoms with E-state index in [4.69, 9.17) is 4.74 Å². The SMILES string of the molecule is CC1CCN=C(C(F)(F)[N+](=O)[O-])N1CC1CCOC1. The first kappa shape index (κ1) is 14.1. The molecule has 0 amide bonds. The molecule has 0 saturated carbocycles. The molecule has 2 aliphatic heterocycles. The third-order valence-corrected chi connectivity index (χ3v) is 3.59. The second-order valence-corrected chi connectivity index (χ2v) is 5.02. The molecule has 1 fully saturated rings. The summed E-state index contributed by atoms with van der Waals surface area (Å²) >= 11 is 0. The number of aliphatic imine (C=N–C) groups is 1. The average molecular weight is 277 g/mol. The monoisotopic (exact) mass is 277 g/mol. The fraction of sp³-hybridized carbons (Fsp3) is 0.909. The minimum absolute atomic E-state index is 0.133. The van der Waals surface area contributed by atoms with Gasteiger partial charge in [0.05, 0.1) is 6.61 Å². The standard InChI is InChI=1S/C11H17F2N3O3/c1-8-2-4-14-10(11(12,13)16(17)18)15(8)6-9-3-5-19-7-9/h8-9H,2-7H2,1H3. The number of alkyl halides is 2. The Morgan fingerprint density at radius 3 is 2.89 bits per heavy atom. The molecule has 2 atom stereocenters. The molecule has 0 aliphatic carbocycles. The zero-order valence-electron chi connectivity index (χ0n) is 10.7. The van der Waals surface area contributed by atoms with Crippen LogP contribution in [0, 0.1) is 16.0 Å². The van der Waals surface area contributed by atoms with E-state index < -0.39 is 16.8 Å². The Balaban J connectivity index is 2.18. The average Bonchev–Trinajstić information content (AvgIpc) is 2.84. The van der Waals surface area contributed by atoms with Crippen molar-refractivity contribution in [3.8, 4) is 0 Å². The molecule has 8 heteroatoms. The Hall–Kier alpha value is -1.31. The van der Waals surface area contributed by atoms with Crippen molar-refractivity contribution in [3.63, 3.8) is 0 Å². The van der Waals surface area contributed by atoms with Crippen molar-refractivity contribution >= 4 is 5.84 Å². The lowest BCUT2D eigenvalue weighted by Gasteiger charge is -2.36. The van der Waals surface area contributed by atoms with Crippen LogP contribution in [-0.4, -0.2) is 54.1 Å². The normalized spacial score (nSPS) is 28.4. The lowest BCUT2D eigenvalue weighted by Crippen LogP contribution is -2.55. The summed E-state index contributed by atoms with van der Waals surface area (Å²) in [6, 6.07) is -4.28. The van der Waals surface area contributed by atoms with Crippen LogP contribution in [0.2, 0.25) is 0 Å². The molecule has 0 aromatic carbocycles. The van der Waals surface area contributed by atoms with E-state index in [0.29, 0.717) is 26.2 Å². The summed E-state index contributed by atoms with van der Waals surface area (Å²) in [5.41, 5.74) is 0. The summed E-state index contributed by atoms with van der Waals surface area (Å²) in [6.07, 6.45) is 1.42. The van der Waals surface area contributed by atoms with E-state index in [0.717, 1.165) is 6.42 Å². The molecule has 1 saturated heterocycles. The van der Waals surface area contributed by atoms with Crippen LogP contribution < -0.4 is 0 Å². The van der Waals surface area contributed by atoms with Gasteiger partial charge < -0.3 is 9.64 Å². The number of rotatable bonds is 4. The molecular formula is C11H17F2N3O3. The van der Waals surface area contributed by atoms with Gasteiger partial charge in [-0.05, 0) is 19.8 Å². The van der Waals surface area contributed by atoms with Crippen molar-refractivity contribution in [2.75, 3.05) is 26.3 Å². The van der Waals surface area contributed by atoms with Crippen LogP contribution in [0.3, 0.4) is 0 Å². The van der Waals surface area contributed by atoms with E-state index in [1.807, 2.05) is 0 Å². The topological polar surface area (TPSA) is 68.0 Å². The molecule has 2 aliphatic rings. The summed E-state index contributed by atoms with van der Waals surface area (Å²) in [5, 5.41) is 10.5. The van der Waals surface area contributed by atoms with Gasteiger partial charge in [0.15, 0.2) is 0 Å². The number of hydrogen-bond donors (Lipinski definition) is 0. The Kier molecular flexibility index (Phi) is 3.98. The van der Waals surface area contributed by atoms with Gasteiger partial charge in [-0.2, -0.15) is 0 Å². The highest BCUT2D eigenvalue weighted by atomic mass is 19.3. The molecule has 6 nitrogen and oxygen atoms in total. The van der Waals surface area contributed by atoms with Gasteiger partial charge in [-0.3, -0.25) is 15.1 Å². The van der Waals surface area contributed by atoms with Crippen LogP contribution in [0.25, 0.3) is 0 Å². The smallest absolute Gasteiger partial charge is 0.381 e. The molecule has 2 rings (SSSR count). The summed E-state index contributed by atoms with van der Waals surface area (Å²) in [5.74, 6) is -0.573. The third kappa shape index (κ3) is 2.83. The van der Waals surface area contributed by atoms with Crippen LogP contribution in [0.1, 0.15) is 19.8 Å².